The fourth-order valence-electron chi connectivity index (χ4n) is 3.16. The molecule has 3 aromatic rings. The summed E-state index contributed by atoms with van der Waals surface area (Å²) in [5.74, 6) is -2.64. The summed E-state index contributed by atoms with van der Waals surface area (Å²) < 4.78 is 26.3. The first-order valence-electron chi connectivity index (χ1n) is 8.76. The summed E-state index contributed by atoms with van der Waals surface area (Å²) in [5, 5.41) is 0. The van der Waals surface area contributed by atoms with Crippen LogP contribution in [0.15, 0.2) is 36.7 Å². The van der Waals surface area contributed by atoms with E-state index >= 15 is 0 Å². The number of nitrogens with one attached hydrogen (secondary N) is 1. The van der Waals surface area contributed by atoms with Crippen molar-refractivity contribution in [3.63, 3.8) is 0 Å². The van der Waals surface area contributed by atoms with E-state index in [1.165, 1.54) is 0 Å². The molecule has 27 heavy (non-hydrogen) atoms. The van der Waals surface area contributed by atoms with Crippen LogP contribution in [0.1, 0.15) is 31.1 Å². The molecule has 1 aliphatic heterocycles. The Labute approximate surface area is 155 Å². The summed E-state index contributed by atoms with van der Waals surface area (Å²) in [6.07, 6.45) is 3.26. The van der Waals surface area contributed by atoms with Crippen LogP contribution >= 0.6 is 0 Å². The Balaban J connectivity index is 1.71. The highest BCUT2D eigenvalue weighted by Gasteiger charge is 2.43. The second-order valence-electron chi connectivity index (χ2n) is 8.00. The smallest absolute Gasteiger partial charge is 0.282 e. The number of hydrogen-bond acceptors (Lipinski definition) is 4. The van der Waals surface area contributed by atoms with Gasteiger partial charge in [-0.15, -0.1) is 0 Å². The van der Waals surface area contributed by atoms with Crippen molar-refractivity contribution in [1.82, 2.24) is 15.0 Å². The third kappa shape index (κ3) is 3.18. The Bertz CT molecular complexity index is 1030. The van der Waals surface area contributed by atoms with Crippen LogP contribution < -0.4 is 4.90 Å². The van der Waals surface area contributed by atoms with Gasteiger partial charge in [-0.2, -0.15) is 0 Å². The Hall–Kier alpha value is -2.83. The van der Waals surface area contributed by atoms with E-state index in [2.05, 4.69) is 15.0 Å². The molecule has 0 radical (unpaired) electrons. The summed E-state index contributed by atoms with van der Waals surface area (Å²) in [6, 6.07) is 7.29. The Morgan fingerprint density at radius 1 is 1.26 bits per heavy atom. The molecule has 0 bridgehead atoms. The first-order chi connectivity index (χ1) is 12.6. The number of nitrogens with zero attached hydrogens (tertiary/aromatic N) is 3. The number of alkyl halides is 2. The number of rotatable bonds is 3. The highest BCUT2D eigenvalue weighted by atomic mass is 19.3. The number of fused-ring (bicyclic) bond motifs is 1. The van der Waals surface area contributed by atoms with Gasteiger partial charge in [0.2, 0.25) is 0 Å². The number of carbonyl (C=O) groups is 1. The van der Waals surface area contributed by atoms with Crippen molar-refractivity contribution in [3.8, 4) is 11.3 Å². The second-order valence-corrected chi connectivity index (χ2v) is 8.00. The van der Waals surface area contributed by atoms with Crippen LogP contribution in [0.3, 0.4) is 0 Å². The molecule has 2 aromatic heterocycles. The minimum Gasteiger partial charge on any atom is -0.359 e. The fourth-order valence-corrected chi connectivity index (χ4v) is 3.16. The molecule has 4 rings (SSSR count). The molecule has 1 saturated heterocycles. The fraction of sp³-hybridized carbons (Fsp3) is 0.350. The number of H-pyrrole nitrogens is 1. The van der Waals surface area contributed by atoms with Gasteiger partial charge in [0.15, 0.2) is 11.4 Å². The molecule has 0 unspecified atom stereocenters. The largest absolute Gasteiger partial charge is 0.359 e. The van der Waals surface area contributed by atoms with E-state index in [0.717, 1.165) is 11.3 Å². The van der Waals surface area contributed by atoms with E-state index in [9.17, 15) is 13.6 Å². The molecule has 0 atom stereocenters. The lowest BCUT2D eigenvalue weighted by molar-refractivity contribution is -0.0262. The van der Waals surface area contributed by atoms with Crippen molar-refractivity contribution in [1.29, 1.82) is 0 Å². The third-order valence-electron chi connectivity index (χ3n) is 4.66. The second kappa shape index (κ2) is 5.84. The molecule has 0 aliphatic carbocycles. The van der Waals surface area contributed by atoms with Gasteiger partial charge in [-0.3, -0.25) is 4.79 Å². The van der Waals surface area contributed by atoms with Gasteiger partial charge in [-0.05, 0) is 12.1 Å². The molecule has 1 fully saturated rings. The van der Waals surface area contributed by atoms with Crippen molar-refractivity contribution < 1.29 is 13.6 Å². The van der Waals surface area contributed by atoms with Gasteiger partial charge in [-0.1, -0.05) is 32.9 Å². The maximum atomic E-state index is 13.2. The first-order valence-corrected chi connectivity index (χ1v) is 8.76. The number of anilines is 1. The molecule has 0 amide bonds. The number of benzene rings is 1. The standard InChI is InChI=1S/C20H20F2N4O/c1-19(2,3)17(27)14-8-23-18-16(14)25-15(9-24-18)12-5-4-6-13(7-12)26-10-20(21,22)11-26/h4-9H,10-11H2,1-3H3,(H,23,24). The van der Waals surface area contributed by atoms with E-state index in [-0.39, 0.29) is 18.9 Å². The minimum absolute atomic E-state index is 0.0169. The highest BCUT2D eigenvalue weighted by Crippen LogP contribution is 2.34. The summed E-state index contributed by atoms with van der Waals surface area (Å²) in [7, 11) is 0. The lowest BCUT2D eigenvalue weighted by Gasteiger charge is -2.40. The number of ketones is 1. The van der Waals surface area contributed by atoms with Gasteiger partial charge in [0.25, 0.3) is 5.92 Å². The summed E-state index contributed by atoms with van der Waals surface area (Å²) in [5.41, 5.74) is 3.13. The number of Topliss-reactive ketones (excluding diaryl/α,β-unsaturated/α-hetero) is 1. The number of halogens is 2. The molecule has 7 heteroatoms. The van der Waals surface area contributed by atoms with E-state index in [0.29, 0.717) is 22.4 Å². The van der Waals surface area contributed by atoms with Crippen LogP contribution in [0.4, 0.5) is 14.5 Å². The monoisotopic (exact) mass is 370 g/mol. The van der Waals surface area contributed by atoms with Crippen molar-refractivity contribution in [3.05, 3.63) is 42.2 Å². The van der Waals surface area contributed by atoms with Gasteiger partial charge >= 0.3 is 0 Å². The van der Waals surface area contributed by atoms with Gasteiger partial charge in [0, 0.05) is 22.9 Å². The molecule has 0 spiro atoms. The number of hydrogen-bond donors (Lipinski definition) is 1. The molecule has 3 heterocycles. The summed E-state index contributed by atoms with van der Waals surface area (Å²) in [4.78, 5) is 26.3. The van der Waals surface area contributed by atoms with Gasteiger partial charge in [-0.25, -0.2) is 18.7 Å². The van der Waals surface area contributed by atoms with Gasteiger partial charge in [0.1, 0.15) is 5.52 Å². The number of aromatic amines is 1. The lowest BCUT2D eigenvalue weighted by Crippen LogP contribution is -2.56. The van der Waals surface area contributed by atoms with Crippen molar-refractivity contribution in [2.45, 2.75) is 26.7 Å². The molecule has 140 valence electrons. The predicted molar refractivity (Wildman–Crippen MR) is 100 cm³/mol. The molecule has 1 aliphatic rings. The third-order valence-corrected chi connectivity index (χ3v) is 4.66. The van der Waals surface area contributed by atoms with Crippen LogP contribution in [-0.4, -0.2) is 39.7 Å². The number of aromatic nitrogens is 3. The average molecular weight is 370 g/mol. The van der Waals surface area contributed by atoms with Crippen LogP contribution in [0.5, 0.6) is 0 Å². The zero-order chi connectivity index (χ0) is 19.4. The zero-order valence-corrected chi connectivity index (χ0v) is 15.4. The van der Waals surface area contributed by atoms with Gasteiger partial charge in [0.05, 0.1) is 30.5 Å². The van der Waals surface area contributed by atoms with E-state index < -0.39 is 11.3 Å². The number of carbonyl (C=O) groups excluding carboxylic acids is 1. The first kappa shape index (κ1) is 17.6. The normalized spacial score (nSPS) is 16.4. The average Bonchev–Trinajstić information content (AvgIpc) is 3.01. The van der Waals surface area contributed by atoms with Crippen molar-refractivity contribution >= 4 is 22.6 Å². The zero-order valence-electron chi connectivity index (χ0n) is 15.4. The Morgan fingerprint density at radius 2 is 2.00 bits per heavy atom. The molecule has 1 N–H and O–H groups in total. The van der Waals surface area contributed by atoms with Gasteiger partial charge < -0.3 is 9.88 Å². The van der Waals surface area contributed by atoms with Crippen LogP contribution in [0.2, 0.25) is 0 Å². The van der Waals surface area contributed by atoms with Crippen LogP contribution in [-0.2, 0) is 0 Å². The maximum absolute atomic E-state index is 13.2. The predicted octanol–water partition coefficient (Wildman–Crippen LogP) is 4.31. The van der Waals surface area contributed by atoms with E-state index in [1.54, 1.807) is 23.4 Å². The lowest BCUT2D eigenvalue weighted by atomic mass is 9.87. The highest BCUT2D eigenvalue weighted by molar-refractivity contribution is 6.08. The molecule has 5 nitrogen and oxygen atoms in total. The topological polar surface area (TPSA) is 61.9 Å². The van der Waals surface area contributed by atoms with Crippen LogP contribution in [0.25, 0.3) is 22.4 Å². The van der Waals surface area contributed by atoms with Crippen molar-refractivity contribution in [2.75, 3.05) is 18.0 Å². The quantitative estimate of drug-likeness (QED) is 0.698. The van der Waals surface area contributed by atoms with Crippen molar-refractivity contribution in [2.24, 2.45) is 5.41 Å². The molecular formula is C20H20F2N4O. The maximum Gasteiger partial charge on any atom is 0.282 e. The van der Waals surface area contributed by atoms with E-state index in [4.69, 9.17) is 0 Å². The molecule has 0 saturated carbocycles. The Morgan fingerprint density at radius 3 is 2.67 bits per heavy atom. The van der Waals surface area contributed by atoms with Crippen LogP contribution in [0, 0.1) is 5.41 Å². The van der Waals surface area contributed by atoms with E-state index in [1.807, 2.05) is 39.0 Å². The SMILES string of the molecule is CC(C)(C)C(=O)c1c[nH]c2ncc(-c3cccc(N4CC(F)(F)C4)c3)nc12. The molecular weight excluding hydrogens is 350 g/mol. The molecule has 1 aromatic carbocycles. The summed E-state index contributed by atoms with van der Waals surface area (Å²) in [6.45, 7) is 5.03. The summed E-state index contributed by atoms with van der Waals surface area (Å²) >= 11 is 0. The Kier molecular flexibility index (Phi) is 3.80. The minimum atomic E-state index is -2.62.